The van der Waals surface area contributed by atoms with Crippen molar-refractivity contribution >= 4 is 39.1 Å². The first kappa shape index (κ1) is 28.7. The van der Waals surface area contributed by atoms with E-state index in [0.29, 0.717) is 26.4 Å². The molecule has 0 amide bonds. The molecule has 0 aliphatic rings. The summed E-state index contributed by atoms with van der Waals surface area (Å²) >= 11 is 0. The van der Waals surface area contributed by atoms with Crippen LogP contribution in [0.1, 0.15) is 55.4 Å². The summed E-state index contributed by atoms with van der Waals surface area (Å²) in [7, 11) is -2.68. The largest absolute Gasteiger partial charge is 0.418 e. The minimum atomic E-state index is -0.671. The van der Waals surface area contributed by atoms with Crippen LogP contribution < -0.4 is 0 Å². The van der Waals surface area contributed by atoms with Gasteiger partial charge in [-0.1, -0.05) is 45.1 Å². The van der Waals surface area contributed by atoms with Crippen molar-refractivity contribution in [2.75, 3.05) is 26.4 Å². The summed E-state index contributed by atoms with van der Waals surface area (Å²) in [5, 5.41) is 0. The monoisotopic (exact) mass is 472 g/mol. The van der Waals surface area contributed by atoms with Crippen molar-refractivity contribution in [2.24, 2.45) is 5.41 Å². The fraction of sp³-hybridized carbons (Fsp3) is 0.619. The average Bonchev–Trinajstić information content (AvgIpc) is 2.62. The maximum atomic E-state index is 6.17. The summed E-state index contributed by atoms with van der Waals surface area (Å²) in [6.45, 7) is 19.6. The molecule has 0 aromatic heterocycles. The van der Waals surface area contributed by atoms with Crippen LogP contribution in [0.15, 0.2) is 45.1 Å². The van der Waals surface area contributed by atoms with Gasteiger partial charge in [0.2, 0.25) is 0 Å². The molecule has 168 valence electrons. The topological polar surface area (TPSA) is 36.9 Å². The van der Waals surface area contributed by atoms with Gasteiger partial charge in [0.05, 0.1) is 5.41 Å². The first-order valence-corrected chi connectivity index (χ1v) is 16.1. The van der Waals surface area contributed by atoms with E-state index < -0.39 is 39.1 Å². The van der Waals surface area contributed by atoms with Gasteiger partial charge in [-0.15, -0.1) is 0 Å². The molecule has 0 atom stereocenters. The third kappa shape index (κ3) is 18.2. The number of rotatable bonds is 16. The van der Waals surface area contributed by atoms with Gasteiger partial charge in [-0.2, -0.15) is 0 Å². The van der Waals surface area contributed by atoms with E-state index in [1.165, 1.54) is 22.3 Å². The molecule has 0 unspecified atom stereocenters. The normalized spacial score (nSPS) is 14.3. The summed E-state index contributed by atoms with van der Waals surface area (Å²) in [4.78, 5) is 0. The molecule has 0 heterocycles. The van der Waals surface area contributed by atoms with E-state index in [-0.39, 0.29) is 5.41 Å². The van der Waals surface area contributed by atoms with E-state index in [2.05, 4.69) is 78.2 Å². The Morgan fingerprint density at radius 1 is 0.483 bits per heavy atom. The predicted molar refractivity (Wildman–Crippen MR) is 138 cm³/mol. The molecule has 4 nitrogen and oxygen atoms in total. The van der Waals surface area contributed by atoms with Crippen LogP contribution >= 0.6 is 0 Å². The van der Waals surface area contributed by atoms with Crippen molar-refractivity contribution in [3.63, 3.8) is 0 Å². The fourth-order valence-electron chi connectivity index (χ4n) is 2.25. The highest BCUT2D eigenvalue weighted by Crippen LogP contribution is 2.20. The van der Waals surface area contributed by atoms with Crippen molar-refractivity contribution in [3.05, 3.63) is 45.1 Å². The first-order chi connectivity index (χ1) is 13.7. The van der Waals surface area contributed by atoms with E-state index >= 15 is 0 Å². The summed E-state index contributed by atoms with van der Waals surface area (Å²) in [5.41, 5.74) is 14.1. The fourth-order valence-corrected chi connectivity index (χ4v) is 6.26. The molecule has 29 heavy (non-hydrogen) atoms. The summed E-state index contributed by atoms with van der Waals surface area (Å²) < 4.78 is 24.7. The van der Waals surface area contributed by atoms with Crippen LogP contribution in [0.5, 0.6) is 0 Å². The van der Waals surface area contributed by atoms with E-state index in [0.717, 1.165) is 0 Å². The Morgan fingerprint density at radius 2 is 0.690 bits per heavy atom. The molecule has 0 spiro atoms. The van der Waals surface area contributed by atoms with Crippen LogP contribution in [-0.4, -0.2) is 65.5 Å². The Kier molecular flexibility index (Phi) is 17.2. The minimum Gasteiger partial charge on any atom is -0.418 e. The predicted octanol–water partition coefficient (Wildman–Crippen LogP) is 2.07. The van der Waals surface area contributed by atoms with E-state index in [9.17, 15) is 0 Å². The van der Waals surface area contributed by atoms with Gasteiger partial charge < -0.3 is 17.7 Å². The van der Waals surface area contributed by atoms with Gasteiger partial charge in [-0.25, -0.2) is 0 Å². The van der Waals surface area contributed by atoms with E-state index in [1.807, 2.05) is 0 Å². The molecular weight excluding hydrogens is 429 g/mol. The highest BCUT2D eigenvalue weighted by Gasteiger charge is 2.31. The lowest BCUT2D eigenvalue weighted by Gasteiger charge is -2.33. The van der Waals surface area contributed by atoms with Crippen molar-refractivity contribution in [3.8, 4) is 0 Å². The van der Waals surface area contributed by atoms with Gasteiger partial charge >= 0.3 is 0 Å². The molecule has 0 aliphatic carbocycles. The molecule has 8 heteroatoms. The third-order valence-corrected chi connectivity index (χ3v) is 9.76. The van der Waals surface area contributed by atoms with Gasteiger partial charge in [-0.3, -0.25) is 0 Å². The van der Waals surface area contributed by atoms with Crippen LogP contribution in [0, 0.1) is 5.41 Å². The van der Waals surface area contributed by atoms with Gasteiger partial charge in [0.25, 0.3) is 0 Å². The number of hydrogen-bond acceptors (Lipinski definition) is 4. The lowest BCUT2D eigenvalue weighted by molar-refractivity contribution is 0.00116. The maximum absolute atomic E-state index is 6.17. The molecule has 0 aromatic carbocycles. The Bertz CT molecular complexity index is 454. The van der Waals surface area contributed by atoms with Gasteiger partial charge in [-0.05, 0) is 55.4 Å². The van der Waals surface area contributed by atoms with Crippen molar-refractivity contribution in [2.45, 2.75) is 55.4 Å². The highest BCUT2D eigenvalue weighted by atomic mass is 28.2. The average molecular weight is 473 g/mol. The second-order valence-corrected chi connectivity index (χ2v) is 13.3. The van der Waals surface area contributed by atoms with Crippen LogP contribution in [0.2, 0.25) is 0 Å². The first-order valence-electron chi connectivity index (χ1n) is 10.5. The number of hydrogen-bond donors (Lipinski definition) is 0. The van der Waals surface area contributed by atoms with Gasteiger partial charge in [0, 0.05) is 26.4 Å². The quantitative estimate of drug-likeness (QED) is 0.255. The molecule has 0 rings (SSSR count). The maximum Gasteiger partial charge on any atom is 0.185 e. The summed E-state index contributed by atoms with van der Waals surface area (Å²) in [5.74, 6) is 0. The molecule has 0 N–H and O–H groups in total. The molecule has 0 saturated carbocycles. The zero-order valence-electron chi connectivity index (χ0n) is 20.1. The molecule has 0 bridgehead atoms. The zero-order valence-corrected chi connectivity index (χ0v) is 25.8. The standard InChI is InChI=1S/C21H44O4Si4/c1-17(2)9-26-22-13-21(14-23-27-10-18(3)4,15-24-28-11-19(5)6)16-25-29-12-20(7)8/h9-12H,13-16,26-29H2,1-8H3. The highest BCUT2D eigenvalue weighted by molar-refractivity contribution is 6.35. The Labute approximate surface area is 189 Å². The molecule has 0 saturated heterocycles. The van der Waals surface area contributed by atoms with Crippen molar-refractivity contribution in [1.29, 1.82) is 0 Å². The van der Waals surface area contributed by atoms with Crippen LogP contribution in [0.3, 0.4) is 0 Å². The van der Waals surface area contributed by atoms with Crippen LogP contribution in [0.4, 0.5) is 0 Å². The van der Waals surface area contributed by atoms with Crippen molar-refractivity contribution < 1.29 is 17.7 Å². The lowest BCUT2D eigenvalue weighted by Crippen LogP contribution is -2.43. The second-order valence-electron chi connectivity index (χ2n) is 8.69. The van der Waals surface area contributed by atoms with Crippen molar-refractivity contribution in [1.82, 2.24) is 0 Å². The van der Waals surface area contributed by atoms with E-state index in [1.54, 1.807) is 0 Å². The van der Waals surface area contributed by atoms with Gasteiger partial charge in [0.1, 0.15) is 0 Å². The lowest BCUT2D eigenvalue weighted by atomic mass is 9.93. The minimum absolute atomic E-state index is 0.212. The van der Waals surface area contributed by atoms with Gasteiger partial charge in [0.15, 0.2) is 39.1 Å². The smallest absolute Gasteiger partial charge is 0.185 e. The molecular formula is C21H44O4Si4. The molecule has 0 aromatic rings. The summed E-state index contributed by atoms with van der Waals surface area (Å²) in [6.07, 6.45) is 0. The van der Waals surface area contributed by atoms with Crippen LogP contribution in [-0.2, 0) is 17.7 Å². The molecule has 0 radical (unpaired) electrons. The third-order valence-electron chi connectivity index (χ3n) is 4.07. The molecule has 0 aliphatic heterocycles. The Morgan fingerprint density at radius 3 is 0.862 bits per heavy atom. The summed E-state index contributed by atoms with van der Waals surface area (Å²) in [6, 6.07) is 0. The Balaban J connectivity index is 5.14. The molecule has 0 fully saturated rings. The number of allylic oxidation sites excluding steroid dienone is 4. The SMILES string of the molecule is CC(C)=C[SiH2]OCC(CO[SiH2]C=C(C)C)(CO[SiH2]C=C(C)C)CO[SiH2]C=C(C)C. The second kappa shape index (κ2) is 17.4. The zero-order chi connectivity index (χ0) is 22.1. The van der Waals surface area contributed by atoms with Crippen LogP contribution in [0.25, 0.3) is 0 Å². The van der Waals surface area contributed by atoms with E-state index in [4.69, 9.17) is 17.7 Å². The Hall–Kier alpha value is -0.332.